The maximum Gasteiger partial charge on any atom is 0.142 e. The summed E-state index contributed by atoms with van der Waals surface area (Å²) in [5, 5.41) is 27.9. The molecular weight excluding hydrogens is 759 g/mol. The Morgan fingerprint density at radius 2 is 0.920 bits per heavy atom. The van der Waals surface area contributed by atoms with Crippen molar-refractivity contribution >= 4 is 27.0 Å². The molecule has 0 aliphatic rings. The van der Waals surface area contributed by atoms with Crippen LogP contribution in [0, 0.1) is 27.7 Å². The van der Waals surface area contributed by atoms with Crippen molar-refractivity contribution in [3.05, 3.63) is 132 Å². The van der Waals surface area contributed by atoms with E-state index >= 15 is 0 Å². The van der Waals surface area contributed by atoms with Crippen LogP contribution in [0.25, 0.3) is 55.2 Å². The molecule has 8 nitrogen and oxygen atoms in total. The zero-order valence-corrected chi connectivity index (χ0v) is 33.7. The van der Waals surface area contributed by atoms with Crippen molar-refractivity contribution in [3.8, 4) is 33.6 Å². The van der Waals surface area contributed by atoms with Gasteiger partial charge in [0.15, 0.2) is 0 Å². The van der Waals surface area contributed by atoms with Crippen LogP contribution in [-0.4, -0.2) is 45.8 Å². The molecule has 0 aliphatic carbocycles. The number of hydrogen-bond acceptors (Lipinski definition) is 6. The second kappa shape index (κ2) is 17.2. The summed E-state index contributed by atoms with van der Waals surface area (Å²) in [7, 11) is 0. The average molecular weight is 795 g/mol. The minimum Gasteiger partial charge on any atom is -1.00 e. The molecule has 8 aromatic rings. The molecule has 2 heterocycles. The molecule has 0 spiro atoms. The summed E-state index contributed by atoms with van der Waals surface area (Å²) in [4.78, 5) is 0. The summed E-state index contributed by atoms with van der Waals surface area (Å²) in [6.07, 6.45) is 3.24. The van der Waals surface area contributed by atoms with Crippen LogP contribution in [0.4, 0.5) is 0 Å². The number of fused-ring (bicyclic) bond motifs is 2. The Balaban J connectivity index is 0.000000196. The van der Waals surface area contributed by atoms with Gasteiger partial charge in [-0.15, -0.1) is 67.1 Å². The fourth-order valence-electron chi connectivity index (χ4n) is 5.68. The third-order valence-electron chi connectivity index (χ3n) is 7.86. The zero-order valence-electron chi connectivity index (χ0n) is 28.7. The van der Waals surface area contributed by atoms with E-state index in [4.69, 9.17) is 0 Å². The Morgan fingerprint density at radius 1 is 0.560 bits per heavy atom. The number of tetrazole rings is 2. The first-order chi connectivity index (χ1) is 23.1. The number of halogens is 2. The summed E-state index contributed by atoms with van der Waals surface area (Å²) < 4.78 is 3.39. The van der Waals surface area contributed by atoms with Gasteiger partial charge < -0.3 is 24.8 Å². The third-order valence-corrected chi connectivity index (χ3v) is 7.86. The molecule has 0 atom stereocenters. The van der Waals surface area contributed by atoms with E-state index < -0.39 is 0 Å². The molecule has 252 valence electrons. The Bertz CT molecular complexity index is 2150. The second-order valence-corrected chi connectivity index (χ2v) is 21.7. The van der Waals surface area contributed by atoms with Gasteiger partial charge in [0.25, 0.3) is 0 Å². The van der Waals surface area contributed by atoms with Crippen molar-refractivity contribution in [3.63, 3.8) is 0 Å². The van der Waals surface area contributed by atoms with Crippen LogP contribution in [0.2, 0.25) is 13.1 Å². The van der Waals surface area contributed by atoms with Crippen molar-refractivity contribution in [1.29, 1.82) is 0 Å². The minimum absolute atomic E-state index is 0. The van der Waals surface area contributed by atoms with Crippen molar-refractivity contribution in [2.24, 2.45) is 0 Å². The van der Waals surface area contributed by atoms with Gasteiger partial charge in [-0.1, -0.05) is 84.6 Å². The van der Waals surface area contributed by atoms with Crippen LogP contribution in [-0.2, 0) is 23.3 Å². The number of hydrogen-bond donors (Lipinski definition) is 0. The smallest absolute Gasteiger partial charge is 0.142 e. The van der Waals surface area contributed by atoms with Gasteiger partial charge >= 0.3 is 41.9 Å². The van der Waals surface area contributed by atoms with Gasteiger partial charge in [-0.3, -0.25) is 0 Å². The molecule has 0 bridgehead atoms. The minimum atomic E-state index is 0. The summed E-state index contributed by atoms with van der Waals surface area (Å²) in [6, 6.07) is 34.6. The SMILES string of the molecule is C[Si](C)=[Zr+2].Cc1ccc(-c2cc(-n3cnnn3)cc3[cH-]c(C)cc23)cc1.Cc1ccc(-c2cc(-n3cnnn3)cc3[cH-]c(C)cc23)cc1.[Cl-].[Cl-]. The summed E-state index contributed by atoms with van der Waals surface area (Å²) in [5.74, 6) is 0. The van der Waals surface area contributed by atoms with Crippen molar-refractivity contribution in [2.45, 2.75) is 40.8 Å². The number of rotatable bonds is 4. The molecule has 0 N–H and O–H groups in total. The van der Waals surface area contributed by atoms with Gasteiger partial charge in [0.05, 0.1) is 0 Å². The maximum absolute atomic E-state index is 4.00. The monoisotopic (exact) mass is 792 g/mol. The summed E-state index contributed by atoms with van der Waals surface area (Å²) >= 11 is 1.74. The van der Waals surface area contributed by atoms with Crippen LogP contribution in [0.5, 0.6) is 0 Å². The van der Waals surface area contributed by atoms with Crippen LogP contribution in [0.1, 0.15) is 22.3 Å². The second-order valence-electron chi connectivity index (χ2n) is 12.3. The summed E-state index contributed by atoms with van der Waals surface area (Å²) in [6.45, 7) is 13.1. The molecule has 12 heteroatoms. The predicted octanol–water partition coefficient (Wildman–Crippen LogP) is 2.43. The molecule has 0 radical (unpaired) electrons. The third kappa shape index (κ3) is 9.17. The Hall–Kier alpha value is -4.08. The number of nitrogens with zero attached hydrogens (tertiary/aromatic N) is 8. The first-order valence-corrected chi connectivity index (χ1v) is 21.9. The molecule has 2 aromatic heterocycles. The topological polar surface area (TPSA) is 87.2 Å². The summed E-state index contributed by atoms with van der Waals surface area (Å²) in [5.41, 5.74) is 12.0. The number of benzene rings is 4. The number of aryl methyl sites for hydroxylation is 4. The fraction of sp³-hybridized carbons (Fsp3) is 0.158. The van der Waals surface area contributed by atoms with Gasteiger partial charge in [-0.05, 0) is 58.0 Å². The first kappa shape index (κ1) is 38.7. The van der Waals surface area contributed by atoms with Gasteiger partial charge in [0.2, 0.25) is 0 Å². The zero-order chi connectivity index (χ0) is 33.8. The molecule has 0 amide bonds. The molecule has 0 aliphatic heterocycles. The molecule has 0 saturated carbocycles. The van der Waals surface area contributed by atoms with Crippen LogP contribution >= 0.6 is 0 Å². The molecule has 6 aromatic carbocycles. The largest absolute Gasteiger partial charge is 1.00 e. The molecule has 8 rings (SSSR count). The van der Waals surface area contributed by atoms with Crippen LogP contribution < -0.4 is 24.8 Å². The van der Waals surface area contributed by atoms with Crippen molar-refractivity contribution in [2.75, 3.05) is 0 Å². The van der Waals surface area contributed by atoms with E-state index in [9.17, 15) is 0 Å². The number of aromatic nitrogens is 8. The van der Waals surface area contributed by atoms with E-state index in [0.29, 0.717) is 0 Å². The molecule has 50 heavy (non-hydrogen) atoms. The Labute approximate surface area is 319 Å². The van der Waals surface area contributed by atoms with E-state index in [1.807, 2.05) is 0 Å². The molecular formula is C38H36Cl2N8SiZr-2. The molecule has 0 unspecified atom stereocenters. The van der Waals surface area contributed by atoms with E-state index in [1.165, 1.54) is 66.1 Å². The van der Waals surface area contributed by atoms with Gasteiger partial charge in [0, 0.05) is 11.4 Å². The van der Waals surface area contributed by atoms with Gasteiger partial charge in [0.1, 0.15) is 12.7 Å². The van der Waals surface area contributed by atoms with Crippen molar-refractivity contribution in [1.82, 2.24) is 40.4 Å². The fourth-order valence-corrected chi connectivity index (χ4v) is 5.68. The van der Waals surface area contributed by atoms with E-state index in [1.54, 1.807) is 45.4 Å². The van der Waals surface area contributed by atoms with Gasteiger partial charge in [-0.2, -0.15) is 12.1 Å². The van der Waals surface area contributed by atoms with Gasteiger partial charge in [-0.25, -0.2) is 9.36 Å². The Morgan fingerprint density at radius 3 is 1.24 bits per heavy atom. The van der Waals surface area contributed by atoms with Crippen LogP contribution in [0.3, 0.4) is 0 Å². The maximum atomic E-state index is 4.00. The van der Waals surface area contributed by atoms with E-state index in [2.05, 4.69) is 169 Å². The van der Waals surface area contributed by atoms with Crippen LogP contribution in [0.15, 0.2) is 110 Å². The van der Waals surface area contributed by atoms with E-state index in [0.717, 1.165) is 11.4 Å². The molecule has 0 saturated heterocycles. The molecule has 0 fully saturated rings. The normalized spacial score (nSPS) is 10.4. The quantitative estimate of drug-likeness (QED) is 0.201. The van der Waals surface area contributed by atoms with E-state index in [-0.39, 0.29) is 30.2 Å². The average Bonchev–Trinajstić information content (AvgIpc) is 3.88. The van der Waals surface area contributed by atoms with Crippen molar-refractivity contribution < 1.29 is 48.1 Å². The first-order valence-electron chi connectivity index (χ1n) is 15.7. The predicted molar refractivity (Wildman–Crippen MR) is 192 cm³/mol. The Kier molecular flexibility index (Phi) is 13.3. The standard InChI is InChI=1S/2C18H15N4.C2H6Si.2ClH.Zr/c2*1-12-3-5-14(6-4-12)18-10-16(22-11-19-20-21-22)9-15-7-13(2)8-17(15)18;1-3-2;;;/h2*3-11H,1-2H3;1-2H3;2*1H;/q2*-1;;;;+2/p-2.